The summed E-state index contributed by atoms with van der Waals surface area (Å²) >= 11 is 0. The Morgan fingerprint density at radius 3 is 2.70 bits per heavy atom. The molecule has 2 atom stereocenters. The van der Waals surface area contributed by atoms with E-state index < -0.39 is 12.0 Å². The highest BCUT2D eigenvalue weighted by atomic mass is 16.2. The Bertz CT molecular complexity index is 1250. The number of benzene rings is 2. The van der Waals surface area contributed by atoms with Crippen LogP contribution in [0.2, 0.25) is 0 Å². The summed E-state index contributed by atoms with van der Waals surface area (Å²) in [5.41, 5.74) is 1.92. The molecule has 1 N–H and O–H groups in total. The number of fused-ring (bicyclic) bond motifs is 1. The average molecular weight is 444 g/mol. The maximum absolute atomic E-state index is 12.9. The average Bonchev–Trinajstić information content (AvgIpc) is 3.43. The first kappa shape index (κ1) is 22.0. The highest BCUT2D eigenvalue weighted by molar-refractivity contribution is 5.99. The second-order valence-electron chi connectivity index (χ2n) is 8.18. The van der Waals surface area contributed by atoms with Crippen LogP contribution in [0, 0.1) is 17.2 Å². The number of carbonyl (C=O) groups excluding carboxylic acids is 3. The Labute approximate surface area is 191 Å². The van der Waals surface area contributed by atoms with Gasteiger partial charge in [0.05, 0.1) is 30.2 Å². The van der Waals surface area contributed by atoms with E-state index >= 15 is 0 Å². The predicted molar refractivity (Wildman–Crippen MR) is 122 cm³/mol. The fraction of sp³-hybridized carbons (Fsp3) is 0.292. The molecule has 9 nitrogen and oxygen atoms in total. The quantitative estimate of drug-likeness (QED) is 0.647. The highest BCUT2D eigenvalue weighted by Gasteiger charge is 2.39. The van der Waals surface area contributed by atoms with Gasteiger partial charge in [-0.25, -0.2) is 0 Å². The number of rotatable bonds is 5. The van der Waals surface area contributed by atoms with E-state index in [1.807, 2.05) is 24.3 Å². The summed E-state index contributed by atoms with van der Waals surface area (Å²) in [5.74, 6) is -1.40. The van der Waals surface area contributed by atoms with Crippen LogP contribution in [0.5, 0.6) is 0 Å². The van der Waals surface area contributed by atoms with Crippen LogP contribution >= 0.6 is 0 Å². The molecule has 1 saturated heterocycles. The molecule has 0 spiro atoms. The molecule has 0 radical (unpaired) electrons. The minimum Gasteiger partial charge on any atom is -0.332 e. The number of nitrogens with zero attached hydrogens (tertiary/aromatic N) is 5. The highest BCUT2D eigenvalue weighted by Crippen LogP contribution is 2.25. The lowest BCUT2D eigenvalue weighted by Gasteiger charge is -2.24. The standard InChI is InChI=1S/C24H24N6O3/c1-28(24(33)16-8-9-17-13-26-29(2)21(17)11-16)15-22(31)30-14-18(10-20(30)12-25)23(32)27-19-6-4-3-5-7-19/h3-9,11,13,18,20H,10,14-15H2,1-2H3,(H,27,32). The van der Waals surface area contributed by atoms with Gasteiger partial charge in [-0.15, -0.1) is 0 Å². The molecule has 0 saturated carbocycles. The van der Waals surface area contributed by atoms with Gasteiger partial charge in [0.25, 0.3) is 5.91 Å². The van der Waals surface area contributed by atoms with Crippen molar-refractivity contribution in [1.29, 1.82) is 5.26 Å². The summed E-state index contributed by atoms with van der Waals surface area (Å²) in [6.07, 6.45) is 1.98. The van der Waals surface area contributed by atoms with Gasteiger partial charge in [-0.3, -0.25) is 19.1 Å². The molecule has 3 amide bonds. The number of likely N-dealkylation sites (tertiary alicyclic amines) is 1. The first-order chi connectivity index (χ1) is 15.9. The number of nitrogens with one attached hydrogen (secondary N) is 1. The molecule has 0 aliphatic carbocycles. The number of hydrogen-bond donors (Lipinski definition) is 1. The summed E-state index contributed by atoms with van der Waals surface area (Å²) in [6.45, 7) is -0.0494. The Morgan fingerprint density at radius 1 is 1.21 bits per heavy atom. The van der Waals surface area contributed by atoms with Crippen LogP contribution in [0.3, 0.4) is 0 Å². The van der Waals surface area contributed by atoms with Crippen molar-refractivity contribution in [3.8, 4) is 6.07 Å². The molecule has 1 aromatic heterocycles. The Balaban J connectivity index is 1.40. The van der Waals surface area contributed by atoms with Crippen molar-refractivity contribution in [3.63, 3.8) is 0 Å². The number of amides is 3. The van der Waals surface area contributed by atoms with Crippen molar-refractivity contribution in [3.05, 3.63) is 60.3 Å². The van der Waals surface area contributed by atoms with Gasteiger partial charge >= 0.3 is 0 Å². The van der Waals surface area contributed by atoms with E-state index in [1.54, 1.807) is 49.2 Å². The lowest BCUT2D eigenvalue weighted by atomic mass is 10.1. The number of aromatic nitrogens is 2. The molecule has 9 heteroatoms. The normalized spacial score (nSPS) is 17.5. The molecule has 2 heterocycles. The zero-order valence-electron chi connectivity index (χ0n) is 18.4. The van der Waals surface area contributed by atoms with Crippen molar-refractivity contribution < 1.29 is 14.4 Å². The van der Waals surface area contributed by atoms with Crippen LogP contribution in [-0.4, -0.2) is 63.5 Å². The van der Waals surface area contributed by atoms with E-state index in [1.165, 1.54) is 9.80 Å². The first-order valence-corrected chi connectivity index (χ1v) is 10.6. The number of hydrogen-bond acceptors (Lipinski definition) is 5. The van der Waals surface area contributed by atoms with E-state index in [0.29, 0.717) is 11.3 Å². The van der Waals surface area contributed by atoms with E-state index in [4.69, 9.17) is 0 Å². The minimum atomic E-state index is -0.710. The molecule has 2 unspecified atom stereocenters. The molecule has 168 valence electrons. The molecule has 33 heavy (non-hydrogen) atoms. The summed E-state index contributed by atoms with van der Waals surface area (Å²) in [4.78, 5) is 41.2. The largest absolute Gasteiger partial charge is 0.332 e. The van der Waals surface area contributed by atoms with Crippen molar-refractivity contribution in [2.24, 2.45) is 13.0 Å². The SMILES string of the molecule is CN(CC(=O)N1CC(C(=O)Nc2ccccc2)CC1C#N)C(=O)c1ccc2cnn(C)c2c1. The smallest absolute Gasteiger partial charge is 0.254 e. The third-order valence-electron chi connectivity index (χ3n) is 5.90. The third-order valence-corrected chi connectivity index (χ3v) is 5.90. The molecular formula is C24H24N6O3. The first-order valence-electron chi connectivity index (χ1n) is 10.6. The van der Waals surface area contributed by atoms with Gasteiger partial charge in [0.2, 0.25) is 11.8 Å². The van der Waals surface area contributed by atoms with Crippen molar-refractivity contribution >= 4 is 34.3 Å². The molecule has 1 aliphatic rings. The second kappa shape index (κ2) is 9.12. The molecule has 1 fully saturated rings. The van der Waals surface area contributed by atoms with Gasteiger partial charge in [0.15, 0.2) is 0 Å². The van der Waals surface area contributed by atoms with E-state index in [-0.39, 0.29) is 37.2 Å². The van der Waals surface area contributed by atoms with Crippen LogP contribution in [0.15, 0.2) is 54.7 Å². The van der Waals surface area contributed by atoms with Gasteiger partial charge < -0.3 is 15.1 Å². The van der Waals surface area contributed by atoms with Crippen LogP contribution in [0.1, 0.15) is 16.8 Å². The topological polar surface area (TPSA) is 111 Å². The fourth-order valence-corrected chi connectivity index (χ4v) is 4.05. The molecule has 4 rings (SSSR count). The monoisotopic (exact) mass is 444 g/mol. The summed E-state index contributed by atoms with van der Waals surface area (Å²) in [7, 11) is 3.34. The third kappa shape index (κ3) is 4.55. The predicted octanol–water partition coefficient (Wildman–Crippen LogP) is 2.02. The zero-order valence-corrected chi connectivity index (χ0v) is 18.4. The zero-order chi connectivity index (χ0) is 23.5. The van der Waals surface area contributed by atoms with Crippen LogP contribution < -0.4 is 5.32 Å². The number of likely N-dealkylation sites (N-methyl/N-ethyl adjacent to an activating group) is 1. The van der Waals surface area contributed by atoms with Crippen molar-refractivity contribution in [1.82, 2.24) is 19.6 Å². The maximum Gasteiger partial charge on any atom is 0.254 e. The number of anilines is 1. The van der Waals surface area contributed by atoms with Gasteiger partial charge in [-0.1, -0.05) is 24.3 Å². The molecular weight excluding hydrogens is 420 g/mol. The fourth-order valence-electron chi connectivity index (χ4n) is 4.05. The van der Waals surface area contributed by atoms with Gasteiger partial charge in [0, 0.05) is 37.3 Å². The van der Waals surface area contributed by atoms with E-state index in [9.17, 15) is 19.6 Å². The molecule has 3 aromatic rings. The van der Waals surface area contributed by atoms with Crippen LogP contribution in [0.4, 0.5) is 5.69 Å². The van der Waals surface area contributed by atoms with Crippen LogP contribution in [-0.2, 0) is 16.6 Å². The maximum atomic E-state index is 12.9. The van der Waals surface area contributed by atoms with Crippen molar-refractivity contribution in [2.75, 3.05) is 25.5 Å². The van der Waals surface area contributed by atoms with Gasteiger partial charge in [-0.05, 0) is 30.7 Å². The number of carbonyl (C=O) groups is 3. The summed E-state index contributed by atoms with van der Waals surface area (Å²) < 4.78 is 1.68. The lowest BCUT2D eigenvalue weighted by Crippen LogP contribution is -2.43. The second-order valence-corrected chi connectivity index (χ2v) is 8.18. The number of para-hydroxylation sites is 1. The number of nitriles is 1. The number of aryl methyl sites for hydroxylation is 1. The van der Waals surface area contributed by atoms with Gasteiger partial charge in [-0.2, -0.15) is 10.4 Å². The van der Waals surface area contributed by atoms with Crippen LogP contribution in [0.25, 0.3) is 10.9 Å². The lowest BCUT2D eigenvalue weighted by molar-refractivity contribution is -0.131. The Kier molecular flexibility index (Phi) is 6.09. The van der Waals surface area contributed by atoms with E-state index in [2.05, 4.69) is 16.5 Å². The Hall–Kier alpha value is -4.19. The Morgan fingerprint density at radius 2 is 1.97 bits per heavy atom. The summed E-state index contributed by atoms with van der Waals surface area (Å²) in [5, 5.41) is 17.5. The minimum absolute atomic E-state index is 0.138. The van der Waals surface area contributed by atoms with Crippen molar-refractivity contribution in [2.45, 2.75) is 12.5 Å². The molecule has 1 aliphatic heterocycles. The molecule has 2 aromatic carbocycles. The van der Waals surface area contributed by atoms with Gasteiger partial charge in [0.1, 0.15) is 6.04 Å². The van der Waals surface area contributed by atoms with E-state index in [0.717, 1.165) is 10.9 Å². The summed E-state index contributed by atoms with van der Waals surface area (Å²) in [6, 6.07) is 15.7. The molecule has 0 bridgehead atoms.